The van der Waals surface area contributed by atoms with Gasteiger partial charge in [-0.3, -0.25) is 9.59 Å². The van der Waals surface area contributed by atoms with E-state index in [1.54, 1.807) is 36.0 Å². The van der Waals surface area contributed by atoms with Crippen molar-refractivity contribution in [3.8, 4) is 6.07 Å². The summed E-state index contributed by atoms with van der Waals surface area (Å²) in [6.07, 6.45) is 2.01. The highest BCUT2D eigenvalue weighted by Gasteiger charge is 2.47. The van der Waals surface area contributed by atoms with E-state index in [1.165, 1.54) is 12.1 Å². The Labute approximate surface area is 180 Å². The predicted octanol–water partition coefficient (Wildman–Crippen LogP) is 3.68. The molecule has 2 aliphatic rings. The van der Waals surface area contributed by atoms with Crippen LogP contribution in [0.3, 0.4) is 0 Å². The standard InChI is InChI=1S/C24H22FN3O3/c1-27-19-6-3-4-7-20(19)28(2)22(27)18(14-26)21(29)15-31-23(30)24(12-5-13-24)16-8-10-17(25)11-9-16/h3-4,6-11H,5,12-13,15H2,1-2H3. The second kappa shape index (κ2) is 7.88. The van der Waals surface area contributed by atoms with Crippen LogP contribution in [0.25, 0.3) is 0 Å². The molecule has 1 fully saturated rings. The largest absolute Gasteiger partial charge is 0.457 e. The maximum absolute atomic E-state index is 13.3. The van der Waals surface area contributed by atoms with Gasteiger partial charge in [0.15, 0.2) is 6.61 Å². The monoisotopic (exact) mass is 419 g/mol. The van der Waals surface area contributed by atoms with Crippen molar-refractivity contribution in [2.75, 3.05) is 30.5 Å². The van der Waals surface area contributed by atoms with Crippen molar-refractivity contribution in [2.24, 2.45) is 0 Å². The van der Waals surface area contributed by atoms with Crippen LogP contribution < -0.4 is 9.80 Å². The van der Waals surface area contributed by atoms with Crippen LogP contribution in [-0.4, -0.2) is 32.5 Å². The van der Waals surface area contributed by atoms with E-state index in [1.807, 2.05) is 30.3 Å². The minimum atomic E-state index is -0.856. The van der Waals surface area contributed by atoms with Crippen molar-refractivity contribution in [2.45, 2.75) is 24.7 Å². The number of esters is 1. The third-order valence-electron chi connectivity index (χ3n) is 6.18. The van der Waals surface area contributed by atoms with Crippen LogP contribution in [0.15, 0.2) is 59.9 Å². The van der Waals surface area contributed by atoms with Gasteiger partial charge in [0.1, 0.15) is 23.3 Å². The summed E-state index contributed by atoms with van der Waals surface area (Å²) < 4.78 is 18.7. The topological polar surface area (TPSA) is 73.6 Å². The number of carbonyl (C=O) groups is 2. The third kappa shape index (κ3) is 3.34. The molecule has 0 unspecified atom stereocenters. The van der Waals surface area contributed by atoms with Crippen LogP contribution in [0, 0.1) is 17.1 Å². The molecule has 0 radical (unpaired) electrons. The summed E-state index contributed by atoms with van der Waals surface area (Å²) >= 11 is 0. The van der Waals surface area contributed by atoms with Crippen molar-refractivity contribution in [3.05, 3.63) is 71.3 Å². The molecule has 1 saturated carbocycles. The Morgan fingerprint density at radius 2 is 1.65 bits per heavy atom. The van der Waals surface area contributed by atoms with E-state index in [4.69, 9.17) is 4.74 Å². The van der Waals surface area contributed by atoms with Gasteiger partial charge < -0.3 is 14.5 Å². The predicted molar refractivity (Wildman–Crippen MR) is 114 cm³/mol. The van der Waals surface area contributed by atoms with E-state index in [-0.39, 0.29) is 11.4 Å². The molecule has 1 heterocycles. The van der Waals surface area contributed by atoms with Gasteiger partial charge in [-0.15, -0.1) is 0 Å². The molecule has 31 heavy (non-hydrogen) atoms. The zero-order chi connectivity index (χ0) is 22.2. The summed E-state index contributed by atoms with van der Waals surface area (Å²) in [5.74, 6) is -1.01. The van der Waals surface area contributed by atoms with Crippen LogP contribution >= 0.6 is 0 Å². The van der Waals surface area contributed by atoms with Gasteiger partial charge in [-0.1, -0.05) is 30.7 Å². The highest BCUT2D eigenvalue weighted by Crippen LogP contribution is 2.45. The lowest BCUT2D eigenvalue weighted by atomic mass is 9.64. The molecule has 7 heteroatoms. The molecule has 0 N–H and O–H groups in total. The number of anilines is 2. The Hall–Kier alpha value is -3.66. The molecule has 0 amide bonds. The number of ketones is 1. The summed E-state index contributed by atoms with van der Waals surface area (Å²) in [4.78, 5) is 29.3. The second-order valence-corrected chi connectivity index (χ2v) is 7.86. The van der Waals surface area contributed by atoms with Gasteiger partial charge in [-0.05, 0) is 42.7 Å². The first-order chi connectivity index (χ1) is 14.9. The average Bonchev–Trinajstić information content (AvgIpc) is 2.99. The Balaban J connectivity index is 1.53. The zero-order valence-electron chi connectivity index (χ0n) is 17.4. The lowest BCUT2D eigenvalue weighted by Gasteiger charge is -2.39. The molecule has 0 spiro atoms. The van der Waals surface area contributed by atoms with E-state index < -0.39 is 23.8 Å². The average molecular weight is 419 g/mol. The number of Topliss-reactive ketones (excluding diaryl/α,β-unsaturated/α-hetero) is 1. The Morgan fingerprint density at radius 1 is 1.06 bits per heavy atom. The lowest BCUT2D eigenvalue weighted by Crippen LogP contribution is -2.44. The number of ether oxygens (including phenoxy) is 1. The van der Waals surface area contributed by atoms with E-state index in [0.29, 0.717) is 24.2 Å². The van der Waals surface area contributed by atoms with Crippen LogP contribution in [-0.2, 0) is 19.7 Å². The number of nitrogens with zero attached hydrogens (tertiary/aromatic N) is 3. The minimum Gasteiger partial charge on any atom is -0.457 e. The van der Waals surface area contributed by atoms with Gasteiger partial charge in [-0.2, -0.15) is 5.26 Å². The highest BCUT2D eigenvalue weighted by molar-refractivity contribution is 6.04. The van der Waals surface area contributed by atoms with Crippen molar-refractivity contribution in [3.63, 3.8) is 0 Å². The third-order valence-corrected chi connectivity index (χ3v) is 6.18. The molecule has 2 aromatic carbocycles. The van der Waals surface area contributed by atoms with Gasteiger partial charge >= 0.3 is 5.97 Å². The van der Waals surface area contributed by atoms with Crippen LogP contribution in [0.5, 0.6) is 0 Å². The molecule has 1 aliphatic carbocycles. The van der Waals surface area contributed by atoms with Crippen LogP contribution in [0.4, 0.5) is 15.8 Å². The first-order valence-corrected chi connectivity index (χ1v) is 10.1. The van der Waals surface area contributed by atoms with E-state index in [9.17, 15) is 19.2 Å². The van der Waals surface area contributed by atoms with Crippen molar-refractivity contribution in [1.29, 1.82) is 5.26 Å². The first-order valence-electron chi connectivity index (χ1n) is 10.1. The molecule has 0 bridgehead atoms. The van der Waals surface area contributed by atoms with Crippen molar-refractivity contribution in [1.82, 2.24) is 0 Å². The van der Waals surface area contributed by atoms with Gasteiger partial charge in [0.05, 0.1) is 16.8 Å². The fraction of sp³-hybridized carbons (Fsp3) is 0.292. The zero-order valence-corrected chi connectivity index (χ0v) is 17.4. The molecule has 0 atom stereocenters. The maximum atomic E-state index is 13.3. The van der Waals surface area contributed by atoms with Gasteiger partial charge in [0.2, 0.25) is 5.78 Å². The number of hydrogen-bond donors (Lipinski definition) is 0. The van der Waals surface area contributed by atoms with Gasteiger partial charge in [0, 0.05) is 14.1 Å². The summed E-state index contributed by atoms with van der Waals surface area (Å²) in [5, 5.41) is 9.70. The lowest BCUT2D eigenvalue weighted by molar-refractivity contribution is -0.156. The molecular weight excluding hydrogens is 397 g/mol. The van der Waals surface area contributed by atoms with Crippen LogP contribution in [0.1, 0.15) is 24.8 Å². The number of hydrogen-bond acceptors (Lipinski definition) is 6. The molecular formula is C24H22FN3O3. The summed E-state index contributed by atoms with van der Waals surface area (Å²) in [5.41, 5.74) is 1.51. The van der Waals surface area contributed by atoms with E-state index >= 15 is 0 Å². The Bertz CT molecular complexity index is 1080. The second-order valence-electron chi connectivity index (χ2n) is 7.86. The van der Waals surface area contributed by atoms with Crippen molar-refractivity contribution < 1.29 is 18.7 Å². The number of rotatable bonds is 5. The minimum absolute atomic E-state index is 0.0709. The Morgan fingerprint density at radius 3 is 2.13 bits per heavy atom. The van der Waals surface area contributed by atoms with Gasteiger partial charge in [-0.25, -0.2) is 4.39 Å². The Kier molecular flexibility index (Phi) is 5.24. The van der Waals surface area contributed by atoms with E-state index in [2.05, 4.69) is 0 Å². The molecule has 2 aromatic rings. The molecule has 1 aliphatic heterocycles. The molecule has 158 valence electrons. The highest BCUT2D eigenvalue weighted by atomic mass is 19.1. The SMILES string of the molecule is CN1C(=C(C#N)C(=O)COC(=O)C2(c3ccc(F)cc3)CCC2)N(C)c2ccccc21. The molecule has 6 nitrogen and oxygen atoms in total. The van der Waals surface area contributed by atoms with Crippen molar-refractivity contribution >= 4 is 23.1 Å². The summed E-state index contributed by atoms with van der Waals surface area (Å²) in [7, 11) is 3.57. The number of benzene rings is 2. The molecule has 4 rings (SSSR count). The number of fused-ring (bicyclic) bond motifs is 1. The first kappa shape index (κ1) is 20.6. The van der Waals surface area contributed by atoms with Gasteiger partial charge in [0.25, 0.3) is 0 Å². The normalized spacial score (nSPS) is 16.3. The van der Waals surface area contributed by atoms with Crippen LogP contribution in [0.2, 0.25) is 0 Å². The fourth-order valence-electron chi connectivity index (χ4n) is 4.31. The fourth-order valence-corrected chi connectivity index (χ4v) is 4.31. The summed E-state index contributed by atoms with van der Waals surface area (Å²) in [6.45, 7) is -0.522. The quantitative estimate of drug-likeness (QED) is 0.418. The number of halogens is 1. The number of para-hydroxylation sites is 2. The smallest absolute Gasteiger partial charge is 0.317 e. The summed E-state index contributed by atoms with van der Waals surface area (Å²) in [6, 6.07) is 15.4. The van der Waals surface area contributed by atoms with E-state index in [0.717, 1.165) is 17.8 Å². The maximum Gasteiger partial charge on any atom is 0.317 e. The number of nitriles is 1. The molecule has 0 aromatic heterocycles. The number of carbonyl (C=O) groups excluding carboxylic acids is 2. The molecule has 0 saturated heterocycles.